The quantitative estimate of drug-likeness (QED) is 0.896. The first-order valence-corrected chi connectivity index (χ1v) is 7.03. The van der Waals surface area contributed by atoms with Gasteiger partial charge in [-0.1, -0.05) is 12.1 Å². The van der Waals surface area contributed by atoms with E-state index in [2.05, 4.69) is 4.90 Å². The van der Waals surface area contributed by atoms with E-state index in [1.165, 1.54) is 0 Å². The van der Waals surface area contributed by atoms with Gasteiger partial charge in [0.25, 0.3) is 0 Å². The van der Waals surface area contributed by atoms with Crippen LogP contribution in [-0.4, -0.2) is 46.1 Å². The van der Waals surface area contributed by atoms with Crippen molar-refractivity contribution in [2.24, 2.45) is 5.73 Å². The van der Waals surface area contributed by atoms with Gasteiger partial charge in [0, 0.05) is 32.5 Å². The first kappa shape index (κ1) is 15.2. The summed E-state index contributed by atoms with van der Waals surface area (Å²) in [5.74, 6) is 0. The highest BCUT2D eigenvalue weighted by Crippen LogP contribution is 2.24. The second kappa shape index (κ2) is 7.57. The van der Waals surface area contributed by atoms with E-state index >= 15 is 0 Å². The number of nitrogens with zero attached hydrogens (tertiary/aromatic N) is 1. The van der Waals surface area contributed by atoms with Crippen LogP contribution in [0.1, 0.15) is 18.1 Å². The maximum atomic E-state index is 12.7. The SMILES string of the molecule is COC(c1ccc(N2CCCOCC2)cc1)C(N)CF. The summed E-state index contributed by atoms with van der Waals surface area (Å²) in [6, 6.07) is 7.38. The molecule has 2 rings (SSSR count). The summed E-state index contributed by atoms with van der Waals surface area (Å²) < 4.78 is 23.4. The summed E-state index contributed by atoms with van der Waals surface area (Å²) >= 11 is 0. The molecule has 0 amide bonds. The van der Waals surface area contributed by atoms with Crippen LogP contribution < -0.4 is 10.6 Å². The number of nitrogens with two attached hydrogens (primary N) is 1. The molecule has 1 aliphatic heterocycles. The van der Waals surface area contributed by atoms with Crippen LogP contribution in [0, 0.1) is 0 Å². The molecule has 1 aromatic rings. The molecule has 1 fully saturated rings. The van der Waals surface area contributed by atoms with Gasteiger partial charge in [-0.15, -0.1) is 0 Å². The molecule has 0 spiro atoms. The Kier molecular flexibility index (Phi) is 5.76. The Morgan fingerprint density at radius 3 is 2.70 bits per heavy atom. The van der Waals surface area contributed by atoms with Crippen LogP contribution in [0.25, 0.3) is 0 Å². The fourth-order valence-corrected chi connectivity index (χ4v) is 2.52. The van der Waals surface area contributed by atoms with Gasteiger partial charge in [-0.25, -0.2) is 4.39 Å². The van der Waals surface area contributed by atoms with Crippen molar-refractivity contribution in [2.75, 3.05) is 45.0 Å². The standard InChI is InChI=1S/C15H23FN2O2/c1-19-15(14(17)11-16)12-3-5-13(6-4-12)18-7-2-9-20-10-8-18/h3-6,14-15H,2,7-11,17H2,1H3. The smallest absolute Gasteiger partial charge is 0.107 e. The molecule has 5 heteroatoms. The number of methoxy groups -OCH3 is 1. The van der Waals surface area contributed by atoms with Gasteiger partial charge in [0.05, 0.1) is 18.8 Å². The average molecular weight is 282 g/mol. The summed E-state index contributed by atoms with van der Waals surface area (Å²) in [4.78, 5) is 2.30. The lowest BCUT2D eigenvalue weighted by Gasteiger charge is -2.24. The van der Waals surface area contributed by atoms with Crippen molar-refractivity contribution < 1.29 is 13.9 Å². The number of alkyl halides is 1. The summed E-state index contributed by atoms with van der Waals surface area (Å²) in [7, 11) is 1.56. The van der Waals surface area contributed by atoms with Crippen molar-refractivity contribution in [1.29, 1.82) is 0 Å². The Morgan fingerprint density at radius 1 is 1.30 bits per heavy atom. The molecule has 4 nitrogen and oxygen atoms in total. The molecule has 2 N–H and O–H groups in total. The highest BCUT2D eigenvalue weighted by molar-refractivity contribution is 5.48. The van der Waals surface area contributed by atoms with Gasteiger partial charge in [0.1, 0.15) is 6.67 Å². The number of anilines is 1. The summed E-state index contributed by atoms with van der Waals surface area (Å²) in [5, 5.41) is 0. The second-order valence-corrected chi connectivity index (χ2v) is 5.02. The van der Waals surface area contributed by atoms with E-state index in [0.717, 1.165) is 44.0 Å². The van der Waals surface area contributed by atoms with Crippen molar-refractivity contribution in [3.8, 4) is 0 Å². The Bertz CT molecular complexity index is 391. The Hall–Kier alpha value is -1.17. The van der Waals surface area contributed by atoms with E-state index in [4.69, 9.17) is 15.2 Å². The van der Waals surface area contributed by atoms with Crippen LogP contribution in [0.2, 0.25) is 0 Å². The summed E-state index contributed by atoms with van der Waals surface area (Å²) in [6.07, 6.45) is 0.636. The van der Waals surface area contributed by atoms with E-state index in [1.54, 1.807) is 7.11 Å². The number of rotatable bonds is 5. The lowest BCUT2D eigenvalue weighted by Crippen LogP contribution is -2.31. The predicted octanol–water partition coefficient (Wildman–Crippen LogP) is 1.90. The van der Waals surface area contributed by atoms with Gasteiger partial charge < -0.3 is 20.1 Å². The van der Waals surface area contributed by atoms with Crippen molar-refractivity contribution in [2.45, 2.75) is 18.6 Å². The fourth-order valence-electron chi connectivity index (χ4n) is 2.52. The molecule has 2 unspecified atom stereocenters. The lowest BCUT2D eigenvalue weighted by atomic mass is 10.0. The minimum Gasteiger partial charge on any atom is -0.380 e. The molecular weight excluding hydrogens is 259 g/mol. The van der Waals surface area contributed by atoms with Crippen LogP contribution in [0.4, 0.5) is 10.1 Å². The van der Waals surface area contributed by atoms with Gasteiger partial charge >= 0.3 is 0 Å². The molecule has 1 aromatic carbocycles. The molecule has 1 aliphatic rings. The van der Waals surface area contributed by atoms with Crippen molar-refractivity contribution in [3.63, 3.8) is 0 Å². The van der Waals surface area contributed by atoms with E-state index in [-0.39, 0.29) is 0 Å². The van der Waals surface area contributed by atoms with Crippen LogP contribution >= 0.6 is 0 Å². The third-order valence-electron chi connectivity index (χ3n) is 3.63. The molecule has 112 valence electrons. The number of hydrogen-bond donors (Lipinski definition) is 1. The van der Waals surface area contributed by atoms with Crippen LogP contribution in [0.5, 0.6) is 0 Å². The average Bonchev–Trinajstić information content (AvgIpc) is 2.77. The first-order valence-electron chi connectivity index (χ1n) is 7.03. The molecule has 20 heavy (non-hydrogen) atoms. The van der Waals surface area contributed by atoms with E-state index < -0.39 is 18.8 Å². The maximum Gasteiger partial charge on any atom is 0.107 e. The molecular formula is C15H23FN2O2. The minimum absolute atomic E-state index is 0.401. The highest BCUT2D eigenvalue weighted by Gasteiger charge is 2.19. The monoisotopic (exact) mass is 282 g/mol. The zero-order chi connectivity index (χ0) is 14.4. The zero-order valence-corrected chi connectivity index (χ0v) is 11.9. The van der Waals surface area contributed by atoms with E-state index in [9.17, 15) is 4.39 Å². The van der Waals surface area contributed by atoms with Crippen molar-refractivity contribution in [3.05, 3.63) is 29.8 Å². The molecule has 0 aliphatic carbocycles. The Balaban J connectivity index is 2.08. The summed E-state index contributed by atoms with van der Waals surface area (Å²) in [6.45, 7) is 2.89. The number of ether oxygens (including phenoxy) is 2. The third kappa shape index (κ3) is 3.69. The van der Waals surface area contributed by atoms with Crippen LogP contribution in [0.3, 0.4) is 0 Å². The van der Waals surface area contributed by atoms with Crippen LogP contribution in [-0.2, 0) is 9.47 Å². The van der Waals surface area contributed by atoms with Gasteiger partial charge in [0.15, 0.2) is 0 Å². The molecule has 0 radical (unpaired) electrons. The topological polar surface area (TPSA) is 47.7 Å². The molecule has 0 saturated carbocycles. The predicted molar refractivity (Wildman–Crippen MR) is 77.8 cm³/mol. The Labute approximate surface area is 119 Å². The molecule has 1 saturated heterocycles. The number of benzene rings is 1. The van der Waals surface area contributed by atoms with Gasteiger partial charge in [-0.2, -0.15) is 0 Å². The van der Waals surface area contributed by atoms with Gasteiger partial charge in [-0.05, 0) is 24.1 Å². The third-order valence-corrected chi connectivity index (χ3v) is 3.63. The maximum absolute atomic E-state index is 12.7. The van der Waals surface area contributed by atoms with E-state index in [1.807, 2.05) is 24.3 Å². The molecule has 1 heterocycles. The first-order chi connectivity index (χ1) is 9.76. The largest absolute Gasteiger partial charge is 0.380 e. The van der Waals surface area contributed by atoms with E-state index in [0.29, 0.717) is 0 Å². The Morgan fingerprint density at radius 2 is 2.05 bits per heavy atom. The van der Waals surface area contributed by atoms with Gasteiger partial charge in [-0.3, -0.25) is 0 Å². The van der Waals surface area contributed by atoms with Crippen molar-refractivity contribution >= 4 is 5.69 Å². The molecule has 0 aromatic heterocycles. The second-order valence-electron chi connectivity index (χ2n) is 5.02. The number of hydrogen-bond acceptors (Lipinski definition) is 4. The normalized spacial score (nSPS) is 19.4. The van der Waals surface area contributed by atoms with Crippen LogP contribution in [0.15, 0.2) is 24.3 Å². The number of halogens is 1. The molecule has 0 bridgehead atoms. The van der Waals surface area contributed by atoms with Gasteiger partial charge in [0.2, 0.25) is 0 Å². The lowest BCUT2D eigenvalue weighted by molar-refractivity contribution is 0.0721. The minimum atomic E-state index is -0.627. The summed E-state index contributed by atoms with van der Waals surface area (Å²) in [5.41, 5.74) is 7.80. The zero-order valence-electron chi connectivity index (χ0n) is 11.9. The molecule has 2 atom stereocenters. The fraction of sp³-hybridized carbons (Fsp3) is 0.600. The highest BCUT2D eigenvalue weighted by atomic mass is 19.1. The van der Waals surface area contributed by atoms with Crippen molar-refractivity contribution in [1.82, 2.24) is 0 Å².